The van der Waals surface area contributed by atoms with Gasteiger partial charge in [-0.25, -0.2) is 19.2 Å². The lowest BCUT2D eigenvalue weighted by Gasteiger charge is -2.10. The van der Waals surface area contributed by atoms with Crippen LogP contribution in [0.25, 0.3) is 11.1 Å². The summed E-state index contributed by atoms with van der Waals surface area (Å²) in [6.07, 6.45) is 25.5. The highest BCUT2D eigenvalue weighted by Crippen LogP contribution is 2.28. The summed E-state index contributed by atoms with van der Waals surface area (Å²) in [5.41, 5.74) is 2.91. The first-order valence-corrected chi connectivity index (χ1v) is 27.0. The highest BCUT2D eigenvalue weighted by molar-refractivity contribution is 5.94. The van der Waals surface area contributed by atoms with Crippen LogP contribution in [0.2, 0.25) is 0 Å². The third-order valence-electron chi connectivity index (χ3n) is 12.8. The van der Waals surface area contributed by atoms with Crippen LogP contribution in [0.15, 0.2) is 146 Å². The van der Waals surface area contributed by atoms with Crippen LogP contribution in [0.5, 0.6) is 34.5 Å². The van der Waals surface area contributed by atoms with Gasteiger partial charge in [-0.2, -0.15) is 0 Å². The van der Waals surface area contributed by atoms with Gasteiger partial charge in [0.15, 0.2) is 0 Å². The Morgan fingerprint density at radius 3 is 0.905 bits per heavy atom. The molecule has 6 aromatic carbocycles. The molecular weight excluding hydrogens is 929 g/mol. The maximum Gasteiger partial charge on any atom is 0.343 e. The number of rotatable bonds is 33. The number of unbranched alkanes of at least 4 members (excludes halogenated alkanes) is 18. The fraction of sp³-hybridized carbons (Fsp3) is 0.375. The molecule has 0 saturated carbocycles. The standard InChI is InChI=1S/C64H74O10/c1-3-5-7-9-11-12-13-14-15-16-17-18-20-22-47-70-56-38-30-51(31-39-56)62(66)73-59-44-34-53(35-45-59)64(68)74-60-25-23-24-54(48-60)49-26-40-57(41-27-49)71-63(67)52-32-42-58(43-33-52)72-61(65)50-28-36-55(37-29-50)69-46-21-19-10-8-6-4-2/h23-45,48H,3-22,46-47H2,1-2H3. The minimum absolute atomic E-state index is 0.280. The molecule has 6 rings (SSSR count). The second kappa shape index (κ2) is 32.1. The van der Waals surface area contributed by atoms with E-state index in [9.17, 15) is 19.2 Å². The van der Waals surface area contributed by atoms with E-state index in [0.29, 0.717) is 53.1 Å². The molecule has 0 N–H and O–H groups in total. The predicted molar refractivity (Wildman–Crippen MR) is 292 cm³/mol. The van der Waals surface area contributed by atoms with E-state index in [4.69, 9.17) is 28.4 Å². The zero-order chi connectivity index (χ0) is 52.0. The van der Waals surface area contributed by atoms with Crippen molar-refractivity contribution in [2.45, 2.75) is 142 Å². The van der Waals surface area contributed by atoms with Crippen molar-refractivity contribution >= 4 is 23.9 Å². The van der Waals surface area contributed by atoms with E-state index in [1.54, 1.807) is 127 Å². The quantitative estimate of drug-likeness (QED) is 0.0224. The van der Waals surface area contributed by atoms with Crippen molar-refractivity contribution in [3.05, 3.63) is 168 Å². The molecule has 0 aliphatic rings. The normalized spacial score (nSPS) is 10.9. The second-order valence-electron chi connectivity index (χ2n) is 18.8. The summed E-state index contributed by atoms with van der Waals surface area (Å²) in [6.45, 7) is 5.76. The summed E-state index contributed by atoms with van der Waals surface area (Å²) in [6, 6.07) is 40.1. The number of hydrogen-bond acceptors (Lipinski definition) is 10. The van der Waals surface area contributed by atoms with Gasteiger partial charge in [-0.15, -0.1) is 0 Å². The predicted octanol–water partition coefficient (Wildman–Crippen LogP) is 16.8. The number of benzene rings is 6. The lowest BCUT2D eigenvalue weighted by Crippen LogP contribution is -2.10. The molecule has 10 heteroatoms. The van der Waals surface area contributed by atoms with E-state index in [1.807, 2.05) is 6.07 Å². The van der Waals surface area contributed by atoms with Crippen molar-refractivity contribution < 1.29 is 47.6 Å². The second-order valence-corrected chi connectivity index (χ2v) is 18.8. The summed E-state index contributed by atoms with van der Waals surface area (Å²) >= 11 is 0. The SMILES string of the molecule is CCCCCCCCCCCCCCCCOc1ccc(C(=O)Oc2ccc(C(=O)Oc3cccc(-c4ccc(OC(=O)c5ccc(OC(=O)c6ccc(OCCCCCCCC)cc6)cc5)cc4)c3)cc2)cc1. The number of ether oxygens (including phenoxy) is 6. The van der Waals surface area contributed by atoms with Gasteiger partial charge in [0.2, 0.25) is 0 Å². The van der Waals surface area contributed by atoms with Crippen molar-refractivity contribution in [1.29, 1.82) is 0 Å². The molecule has 0 atom stereocenters. The number of esters is 4. The summed E-state index contributed by atoms with van der Waals surface area (Å²) in [5, 5.41) is 0. The third kappa shape index (κ3) is 20.0. The van der Waals surface area contributed by atoms with Gasteiger partial charge in [-0.05, 0) is 145 Å². The summed E-state index contributed by atoms with van der Waals surface area (Å²) in [7, 11) is 0. The molecule has 0 spiro atoms. The van der Waals surface area contributed by atoms with Gasteiger partial charge < -0.3 is 28.4 Å². The molecular formula is C64H74O10. The maximum atomic E-state index is 13.1. The lowest BCUT2D eigenvalue weighted by molar-refractivity contribution is 0.0720. The Bertz CT molecular complexity index is 2590. The largest absolute Gasteiger partial charge is 0.494 e. The molecule has 390 valence electrons. The van der Waals surface area contributed by atoms with Crippen LogP contribution >= 0.6 is 0 Å². The van der Waals surface area contributed by atoms with Crippen LogP contribution in [0.1, 0.15) is 184 Å². The molecule has 10 nitrogen and oxygen atoms in total. The molecule has 0 radical (unpaired) electrons. The van der Waals surface area contributed by atoms with Crippen molar-refractivity contribution in [2.75, 3.05) is 13.2 Å². The van der Waals surface area contributed by atoms with Crippen molar-refractivity contribution in [1.82, 2.24) is 0 Å². The van der Waals surface area contributed by atoms with Crippen LogP contribution in [0, 0.1) is 0 Å². The molecule has 0 fully saturated rings. The van der Waals surface area contributed by atoms with Gasteiger partial charge in [-0.1, -0.05) is 154 Å². The smallest absolute Gasteiger partial charge is 0.343 e. The first-order chi connectivity index (χ1) is 36.3. The maximum absolute atomic E-state index is 13.1. The van der Waals surface area contributed by atoms with E-state index >= 15 is 0 Å². The van der Waals surface area contributed by atoms with E-state index < -0.39 is 23.9 Å². The van der Waals surface area contributed by atoms with Gasteiger partial charge >= 0.3 is 23.9 Å². The zero-order valence-electron chi connectivity index (χ0n) is 43.5. The molecule has 0 unspecified atom stereocenters. The highest BCUT2D eigenvalue weighted by Gasteiger charge is 2.15. The molecule has 0 aliphatic carbocycles. The number of carbonyl (C=O) groups excluding carboxylic acids is 4. The average molecular weight is 1000 g/mol. The van der Waals surface area contributed by atoms with E-state index in [-0.39, 0.29) is 16.9 Å². The summed E-state index contributed by atoms with van der Waals surface area (Å²) in [5.74, 6) is 0.475. The van der Waals surface area contributed by atoms with Gasteiger partial charge in [0.1, 0.15) is 34.5 Å². The minimum atomic E-state index is -0.576. The molecule has 0 aliphatic heterocycles. The highest BCUT2D eigenvalue weighted by atomic mass is 16.5. The van der Waals surface area contributed by atoms with Gasteiger partial charge in [0.25, 0.3) is 0 Å². The average Bonchev–Trinajstić information content (AvgIpc) is 3.42. The molecule has 6 aromatic rings. The first kappa shape index (κ1) is 56.1. The van der Waals surface area contributed by atoms with Crippen molar-refractivity contribution in [3.8, 4) is 45.6 Å². The van der Waals surface area contributed by atoms with E-state index in [0.717, 1.165) is 36.8 Å². The Hall–Kier alpha value is -7.20. The molecule has 0 heterocycles. The third-order valence-corrected chi connectivity index (χ3v) is 12.8. The number of carbonyl (C=O) groups is 4. The van der Waals surface area contributed by atoms with Crippen LogP contribution in [-0.2, 0) is 0 Å². The molecule has 0 aromatic heterocycles. The lowest BCUT2D eigenvalue weighted by atomic mass is 10.0. The van der Waals surface area contributed by atoms with Crippen molar-refractivity contribution in [3.63, 3.8) is 0 Å². The Morgan fingerprint density at radius 2 is 0.568 bits per heavy atom. The first-order valence-electron chi connectivity index (χ1n) is 27.0. The Kier molecular flexibility index (Phi) is 24.3. The Morgan fingerprint density at radius 1 is 0.284 bits per heavy atom. The number of hydrogen-bond donors (Lipinski definition) is 0. The summed E-state index contributed by atoms with van der Waals surface area (Å²) < 4.78 is 34.1. The minimum Gasteiger partial charge on any atom is -0.494 e. The molecule has 0 bridgehead atoms. The van der Waals surface area contributed by atoms with Crippen molar-refractivity contribution in [2.24, 2.45) is 0 Å². The van der Waals surface area contributed by atoms with E-state index in [1.165, 1.54) is 115 Å². The monoisotopic (exact) mass is 1000 g/mol. The van der Waals surface area contributed by atoms with Crippen LogP contribution in [0.3, 0.4) is 0 Å². The van der Waals surface area contributed by atoms with Gasteiger partial charge in [-0.3, -0.25) is 0 Å². The van der Waals surface area contributed by atoms with Gasteiger partial charge in [0, 0.05) is 0 Å². The zero-order valence-corrected chi connectivity index (χ0v) is 43.5. The fourth-order valence-corrected chi connectivity index (χ4v) is 8.37. The van der Waals surface area contributed by atoms with Crippen LogP contribution in [-0.4, -0.2) is 37.1 Å². The molecule has 0 saturated heterocycles. The molecule has 74 heavy (non-hydrogen) atoms. The van der Waals surface area contributed by atoms with Crippen LogP contribution in [0.4, 0.5) is 0 Å². The Labute approximate surface area is 438 Å². The Balaban J connectivity index is 0.865. The van der Waals surface area contributed by atoms with E-state index in [2.05, 4.69) is 13.8 Å². The molecule has 0 amide bonds. The summed E-state index contributed by atoms with van der Waals surface area (Å²) in [4.78, 5) is 51.8. The topological polar surface area (TPSA) is 124 Å². The van der Waals surface area contributed by atoms with Crippen LogP contribution < -0.4 is 28.4 Å². The fourth-order valence-electron chi connectivity index (χ4n) is 8.37. The van der Waals surface area contributed by atoms with Gasteiger partial charge in [0.05, 0.1) is 35.5 Å².